The molecule has 0 saturated heterocycles. The van der Waals surface area contributed by atoms with Crippen molar-refractivity contribution in [1.29, 1.82) is 10.8 Å². The summed E-state index contributed by atoms with van der Waals surface area (Å²) in [5.41, 5.74) is 6.28. The lowest BCUT2D eigenvalue weighted by Gasteiger charge is -1.71. The van der Waals surface area contributed by atoms with Crippen LogP contribution in [0.1, 0.15) is 0 Å². The third-order valence-electron chi connectivity index (χ3n) is 5.49. The van der Waals surface area contributed by atoms with E-state index in [1.54, 1.807) is 0 Å². The number of nitrogens with one attached hydrogen (secondary N) is 1. The van der Waals surface area contributed by atoms with Gasteiger partial charge in [0.15, 0.2) is 0 Å². The predicted molar refractivity (Wildman–Crippen MR) is 341 cm³/mol. The van der Waals surface area contributed by atoms with Crippen LogP contribution in [0.5, 0.6) is 0 Å². The molecule has 700 valence electrons. The van der Waals surface area contributed by atoms with E-state index in [0.29, 0.717) is 0 Å². The van der Waals surface area contributed by atoms with Crippen LogP contribution in [-0.4, -0.2) is 0 Å². The van der Waals surface area contributed by atoms with Crippen molar-refractivity contribution in [2.75, 3.05) is 0 Å². The van der Waals surface area contributed by atoms with E-state index in [1.807, 2.05) is 0 Å². The van der Waals surface area contributed by atoms with Crippen LogP contribution in [0, 0.1) is 17.0 Å². The first kappa shape index (κ1) is 112. The van der Waals surface area contributed by atoms with E-state index in [1.165, 1.54) is 6.19 Å². The van der Waals surface area contributed by atoms with Crippen LogP contribution in [0.4, 0.5) is 0 Å². The van der Waals surface area contributed by atoms with Crippen molar-refractivity contribution in [3.05, 3.63) is 0 Å². The van der Waals surface area contributed by atoms with Crippen LogP contribution in [0.2, 0.25) is 0 Å². The molecule has 0 aromatic heterocycles. The van der Waals surface area contributed by atoms with Crippen LogP contribution in [-0.2, 0) is 0 Å². The molecule has 139 heteroatoms. The van der Waals surface area contributed by atoms with E-state index in [4.69, 9.17) is 10.8 Å². The molecule has 0 heterocycles. The van der Waals surface area contributed by atoms with Gasteiger partial charge in [0.25, 0.3) is 0 Å². The lowest BCUT2D eigenvalue weighted by molar-refractivity contribution is 0.722. The molecule has 140 heavy (non-hydrogen) atoms. The summed E-state index contributed by atoms with van der Waals surface area (Å²) in [7, 11) is 0. The summed E-state index contributed by atoms with van der Waals surface area (Å²) in [6.07, 6.45) is 1.31. The molecule has 0 unspecified atom stereocenters. The number of nitrogens with zero attached hydrogens (tertiary/aromatic N) is 138. The second kappa shape index (κ2) is 111. The number of nitriles is 1. The molecular weight excluding hydrogens is 1960 g/mol. The Bertz CT molecular complexity index is 5140. The van der Waals surface area contributed by atoms with Gasteiger partial charge >= 0.3 is 0 Å². The molecule has 0 aliphatic carbocycles. The van der Waals surface area contributed by atoms with Crippen LogP contribution in [0.3, 0.4) is 0 Å². The zero-order chi connectivity index (χ0) is 99.6. The van der Waals surface area contributed by atoms with E-state index in [2.05, 4.69) is 715 Å². The first-order valence-corrected chi connectivity index (χ1v) is 27.9. The second-order valence-electron chi connectivity index (χ2n) is 12.4. The molecule has 139 nitrogen and oxygen atoms in total. The van der Waals surface area contributed by atoms with Crippen LogP contribution < -0.4 is 0 Å². The Hall–Kier alpha value is -28.1. The van der Waals surface area contributed by atoms with Crippen molar-refractivity contribution in [3.8, 4) is 6.19 Å². The first-order chi connectivity index (χ1) is 69.9. The zero-order valence-corrected chi connectivity index (χ0v) is 62.7. The minimum atomic E-state index is 1.31. The fraction of sp³-hybridized carbons (Fsp3) is 0. The lowest BCUT2D eigenvalue weighted by atomic mass is 11.5. The molecule has 0 aromatic carbocycles. The summed E-state index contributed by atoms with van der Waals surface area (Å²) in [6.45, 7) is 0. The normalized spacial score (nSPS) is 15.7. The summed E-state index contributed by atoms with van der Waals surface area (Å²) in [5, 5.41) is 417. The van der Waals surface area contributed by atoms with Gasteiger partial charge in [0.1, 0.15) is 0 Å². The standard InChI is InChI=1S/CHN139/c2-1-4-6-8-10-12-14-16-18-20-22-24-26-28-30-32-34-36-38-40-42-44-46-48-50-52-54-56-58-60-62-64-66-68-70-72-74-76-78-80-82-84-86-88-90-92-94-96-98-100-102-104-106-108-110-112-114-116-118-120-122-124-126-128-130-132-134-136-138-140-139-137-135-133-131-129-127-125-123-121-119-117-115-113-111-109-107-105-103-101-99-97-95-93-91-89-87-85-83-81-79-77-75-73-71-69-67-65-63-61-59-57-55-53-51-49-47-45-43-41-39-37-35-33-31-29-27-25-23-21-19-17-15-13-11-9-7-5-3/h3H/b5-3?,6-4?,9-7+,10-8+,13-11+,14-12+,17-15+,18-16+,21-19+,22-20+,25-23+,26-24+,29-27+,30-28+,33-31+,34-32+,37-35+,38-36+,41-39+,42-40+,45-43+,46-44+,49-47+,50-48+,53-51+,54-52+,57-55+,58-56+,61-59+,62-60+,65-63+,66-64+,69-67+,70-68+,73-71+,74-72+,77-75+,78-76+,81-79+,82-80+,85-83+,86-84+,89-87+,90-88+,93-91+,94-92+,97-95+,98-96+,101-99+,102-100+,105-103+,106-104+,109-107+,110-108+,113-111+,114-112+,117-115+,118-116+,121-119+,122-120+,125-123+,126-124+,129-127+,130-128+,133-131+,134-132+,137-135+,138-136+,140-139+. The molecule has 0 radical (unpaired) electrons. The summed E-state index contributed by atoms with van der Waals surface area (Å²) < 4.78 is 0. The molecule has 0 fully saturated rings. The van der Waals surface area contributed by atoms with Crippen molar-refractivity contribution in [3.63, 3.8) is 0 Å². The van der Waals surface area contributed by atoms with Crippen LogP contribution >= 0.6 is 0 Å². The Morgan fingerprint density at radius 3 is 0.157 bits per heavy atom. The average Bonchev–Trinajstić information content (AvgIpc) is 1.10. The molecule has 0 spiro atoms. The highest BCUT2D eigenvalue weighted by molar-refractivity contribution is 4.56. The molecule has 0 aliphatic rings. The van der Waals surface area contributed by atoms with E-state index in [-0.39, 0.29) is 0 Å². The van der Waals surface area contributed by atoms with E-state index >= 15 is 0 Å². The molecule has 0 saturated carbocycles. The molecule has 0 amide bonds. The smallest absolute Gasteiger partial charge is 0.183 e. The largest absolute Gasteiger partial charge is 0.227 e. The third kappa shape index (κ3) is 110. The maximum atomic E-state index is 8.04. The van der Waals surface area contributed by atoms with Crippen molar-refractivity contribution in [2.24, 2.45) is 715 Å². The Labute approximate surface area is 732 Å². The summed E-state index contributed by atoms with van der Waals surface area (Å²) >= 11 is 0. The average molecular weight is 1960 g/mol. The Balaban J connectivity index is 4.14. The monoisotopic (exact) mass is 1960 g/mol. The first-order valence-electron chi connectivity index (χ1n) is 27.9. The Kier molecular flexibility index (Phi) is 88.6. The fourth-order valence-electron chi connectivity index (χ4n) is 2.44. The van der Waals surface area contributed by atoms with Gasteiger partial charge in [-0.15, -0.1) is 0 Å². The number of hydrogen-bond donors (Lipinski definition) is 1. The molecule has 0 bridgehead atoms. The van der Waals surface area contributed by atoms with Crippen LogP contribution in [0.25, 0.3) is 0 Å². The molecule has 0 aromatic rings. The van der Waals surface area contributed by atoms with Crippen LogP contribution in [0.15, 0.2) is 715 Å². The highest BCUT2D eigenvalue weighted by Gasteiger charge is 1.84. The van der Waals surface area contributed by atoms with Gasteiger partial charge in [-0.25, -0.2) is 0 Å². The van der Waals surface area contributed by atoms with Gasteiger partial charge in [-0.1, -0.05) is 0 Å². The zero-order valence-electron chi connectivity index (χ0n) is 62.7. The minimum absolute atomic E-state index is 1.31. The van der Waals surface area contributed by atoms with Crippen molar-refractivity contribution in [2.45, 2.75) is 0 Å². The summed E-state index contributed by atoms with van der Waals surface area (Å²) in [6, 6.07) is 0. The van der Waals surface area contributed by atoms with Crippen molar-refractivity contribution < 1.29 is 0 Å². The Morgan fingerprint density at radius 1 is 0.0714 bits per heavy atom. The quantitative estimate of drug-likeness (QED) is 0.0346. The minimum Gasteiger partial charge on any atom is -0.183 e. The van der Waals surface area contributed by atoms with Gasteiger partial charge in [0.05, 0.1) is 0 Å². The Morgan fingerprint density at radius 2 is 0.114 bits per heavy atom. The summed E-state index contributed by atoms with van der Waals surface area (Å²) in [4.78, 5) is 0. The predicted octanol–water partition coefficient (Wildman–Crippen LogP) is 25.5. The highest BCUT2D eigenvalue weighted by Crippen LogP contribution is 2.02. The maximum Gasteiger partial charge on any atom is 0.227 e. The van der Waals surface area contributed by atoms with E-state index in [9.17, 15) is 0 Å². The highest BCUT2D eigenvalue weighted by atomic mass is 15.8. The molecule has 0 atom stereocenters. The van der Waals surface area contributed by atoms with Crippen molar-refractivity contribution in [1.82, 2.24) is 0 Å². The van der Waals surface area contributed by atoms with E-state index < -0.39 is 0 Å². The molecule has 1 N–H and O–H groups in total. The lowest BCUT2D eigenvalue weighted by Crippen LogP contribution is -1.52. The maximum absolute atomic E-state index is 8.04. The number of hydrogen-bond acceptors (Lipinski definition) is 3. The third-order valence-corrected chi connectivity index (χ3v) is 5.49. The van der Waals surface area contributed by atoms with Gasteiger partial charge in [-0.05, 0) is 88.7 Å². The topological polar surface area (TPSA) is 1740 Å². The van der Waals surface area contributed by atoms with Gasteiger partial charge in [-0.2, -0.15) is 10.8 Å². The van der Waals surface area contributed by atoms with Gasteiger partial charge in [0.2, 0.25) is 6.19 Å². The second-order valence-corrected chi connectivity index (χ2v) is 12.4. The molecule has 0 rings (SSSR count). The SMILES string of the molecule is N#CN=N/N=N/N=N/N=N/N=N/N=N/N=N/N=N/N=N/N=N/N=N/N=N/N=N/N=N/N=N/N=N/N=N/N=N/N=N/N=N/N=N/N=N/N=N/N=N/N=N/N=N/N=N/N=N/N=N/N=N/N=N/N=N/N=N/N=N/N=N/N=N/N=N/N=N/N=N/N=N/N=N/N=N/N=N/N=N/N=N/N=N/N=N/N=N/N=N/N=N/N=N/N=N/N=N/N=N/N=N/N=N/N=N/N=N/N=N/N=N/N=N/N=N/N=N/N=N/N=N/N=N/N=N/N=N/N=N. The van der Waals surface area contributed by atoms with Gasteiger partial charge < -0.3 is 0 Å². The van der Waals surface area contributed by atoms with E-state index in [0.717, 1.165) is 0 Å². The van der Waals surface area contributed by atoms with Crippen molar-refractivity contribution >= 4 is 0 Å². The molecular formula is CHN139. The fourth-order valence-corrected chi connectivity index (χ4v) is 2.44. The molecule has 0 aliphatic heterocycles. The van der Waals surface area contributed by atoms with Gasteiger partial charge in [-0.3, -0.25) is 0 Å². The summed E-state index contributed by atoms with van der Waals surface area (Å²) in [5.74, 6) is 0. The number of rotatable bonds is 68. The van der Waals surface area contributed by atoms with Gasteiger partial charge in [0, 0.05) is 627 Å².